The second kappa shape index (κ2) is 10.3. The predicted octanol–water partition coefficient (Wildman–Crippen LogP) is 5.48. The first-order chi connectivity index (χ1) is 15.6. The molecule has 0 atom stereocenters. The van der Waals surface area contributed by atoms with E-state index in [0.717, 1.165) is 27.0 Å². The third-order valence-corrected chi connectivity index (χ3v) is 5.31. The molecular formula is C24H18BrClN4O2. The quantitative estimate of drug-likeness (QED) is 0.265. The SMILES string of the molecule is O=C(COc1ccccc1Cl)N/N=C/c1cn(-c2ccccc2)nc1-c1ccc(Br)cc1. The van der Waals surface area contributed by atoms with Crippen molar-refractivity contribution < 1.29 is 9.53 Å². The van der Waals surface area contributed by atoms with Gasteiger partial charge < -0.3 is 4.74 Å². The van der Waals surface area contributed by atoms with Crippen LogP contribution in [0.4, 0.5) is 0 Å². The molecule has 0 saturated heterocycles. The number of carbonyl (C=O) groups is 1. The van der Waals surface area contributed by atoms with Gasteiger partial charge in [0.15, 0.2) is 6.61 Å². The number of ether oxygens (including phenoxy) is 1. The molecule has 0 saturated carbocycles. The molecule has 0 radical (unpaired) electrons. The van der Waals surface area contributed by atoms with Gasteiger partial charge in [-0.25, -0.2) is 10.1 Å². The summed E-state index contributed by atoms with van der Waals surface area (Å²) < 4.78 is 8.18. The highest BCUT2D eigenvalue weighted by atomic mass is 79.9. The van der Waals surface area contributed by atoms with Gasteiger partial charge in [-0.1, -0.05) is 70.0 Å². The normalized spacial score (nSPS) is 10.9. The molecule has 0 unspecified atom stereocenters. The van der Waals surface area contributed by atoms with Crippen LogP contribution < -0.4 is 10.2 Å². The molecule has 0 aliphatic rings. The molecule has 0 bridgehead atoms. The first-order valence-electron chi connectivity index (χ1n) is 9.70. The van der Waals surface area contributed by atoms with Gasteiger partial charge in [-0.2, -0.15) is 10.2 Å². The fourth-order valence-electron chi connectivity index (χ4n) is 2.94. The maximum atomic E-state index is 12.1. The van der Waals surface area contributed by atoms with Crippen molar-refractivity contribution >= 4 is 39.7 Å². The molecule has 1 heterocycles. The molecule has 3 aromatic carbocycles. The summed E-state index contributed by atoms with van der Waals surface area (Å²) in [5, 5.41) is 9.25. The van der Waals surface area contributed by atoms with Crippen LogP contribution >= 0.6 is 27.5 Å². The monoisotopic (exact) mass is 508 g/mol. The van der Waals surface area contributed by atoms with Gasteiger partial charge in [0.25, 0.3) is 5.91 Å². The molecule has 0 aliphatic heterocycles. The Labute approximate surface area is 198 Å². The number of hydrazone groups is 1. The summed E-state index contributed by atoms with van der Waals surface area (Å²) in [4.78, 5) is 12.1. The zero-order valence-electron chi connectivity index (χ0n) is 16.8. The minimum atomic E-state index is -0.401. The highest BCUT2D eigenvalue weighted by Gasteiger charge is 2.11. The fraction of sp³-hybridized carbons (Fsp3) is 0.0417. The van der Waals surface area contributed by atoms with Crippen LogP contribution in [0, 0.1) is 0 Å². The molecule has 32 heavy (non-hydrogen) atoms. The lowest BCUT2D eigenvalue weighted by atomic mass is 10.1. The number of amides is 1. The Bertz CT molecular complexity index is 1240. The lowest BCUT2D eigenvalue weighted by Crippen LogP contribution is -2.24. The van der Waals surface area contributed by atoms with Crippen LogP contribution in [-0.2, 0) is 4.79 Å². The lowest BCUT2D eigenvalue weighted by molar-refractivity contribution is -0.123. The van der Waals surface area contributed by atoms with Gasteiger partial charge in [0, 0.05) is 21.8 Å². The Hall–Kier alpha value is -3.42. The number of para-hydroxylation sites is 2. The maximum absolute atomic E-state index is 12.1. The molecular weight excluding hydrogens is 492 g/mol. The first-order valence-corrected chi connectivity index (χ1v) is 10.9. The van der Waals surface area contributed by atoms with E-state index in [1.807, 2.05) is 60.8 Å². The van der Waals surface area contributed by atoms with E-state index in [1.54, 1.807) is 35.2 Å². The fourth-order valence-corrected chi connectivity index (χ4v) is 3.39. The molecule has 4 rings (SSSR count). The van der Waals surface area contributed by atoms with Crippen molar-refractivity contribution in [3.63, 3.8) is 0 Å². The smallest absolute Gasteiger partial charge is 0.277 e. The number of halogens is 2. The largest absolute Gasteiger partial charge is 0.482 e. The van der Waals surface area contributed by atoms with E-state index in [4.69, 9.17) is 21.4 Å². The van der Waals surface area contributed by atoms with Gasteiger partial charge >= 0.3 is 0 Å². The number of carbonyl (C=O) groups excluding carboxylic acids is 1. The molecule has 0 spiro atoms. The molecule has 0 aliphatic carbocycles. The number of nitrogens with zero attached hydrogens (tertiary/aromatic N) is 3. The third-order valence-electron chi connectivity index (χ3n) is 4.47. The Balaban J connectivity index is 1.50. The highest BCUT2D eigenvalue weighted by molar-refractivity contribution is 9.10. The number of aromatic nitrogens is 2. The first kappa shape index (κ1) is 21.8. The van der Waals surface area contributed by atoms with Crippen LogP contribution in [0.25, 0.3) is 16.9 Å². The summed E-state index contributed by atoms with van der Waals surface area (Å²) in [6.45, 7) is -0.204. The predicted molar refractivity (Wildman–Crippen MR) is 129 cm³/mol. The topological polar surface area (TPSA) is 68.5 Å². The number of benzene rings is 3. The number of nitrogens with one attached hydrogen (secondary N) is 1. The lowest BCUT2D eigenvalue weighted by Gasteiger charge is -2.06. The van der Waals surface area contributed by atoms with E-state index in [2.05, 4.69) is 26.5 Å². The van der Waals surface area contributed by atoms with E-state index in [0.29, 0.717) is 10.8 Å². The molecule has 1 amide bonds. The molecule has 1 aromatic heterocycles. The minimum absolute atomic E-state index is 0.204. The molecule has 6 nitrogen and oxygen atoms in total. The third kappa shape index (κ3) is 5.43. The van der Waals surface area contributed by atoms with Crippen LogP contribution in [0.3, 0.4) is 0 Å². The van der Waals surface area contributed by atoms with Crippen molar-refractivity contribution in [1.29, 1.82) is 0 Å². The summed E-state index contributed by atoms with van der Waals surface area (Å²) in [6, 6.07) is 24.6. The molecule has 1 N–H and O–H groups in total. The van der Waals surface area contributed by atoms with Gasteiger partial charge in [-0.05, 0) is 36.4 Å². The average Bonchev–Trinajstić information content (AvgIpc) is 3.24. The summed E-state index contributed by atoms with van der Waals surface area (Å²) in [5.74, 6) is 0.0387. The van der Waals surface area contributed by atoms with Crippen LogP contribution in [0.1, 0.15) is 5.56 Å². The van der Waals surface area contributed by atoms with Gasteiger partial charge in [0.1, 0.15) is 11.4 Å². The van der Waals surface area contributed by atoms with E-state index in [1.165, 1.54) is 0 Å². The standard InChI is InChI=1S/C24H18BrClN4O2/c25-19-12-10-17(11-13-19)24-18(15-30(29-24)20-6-2-1-3-7-20)14-27-28-23(31)16-32-22-9-5-4-8-21(22)26/h1-15H,16H2,(H,28,31)/b27-14+. The van der Waals surface area contributed by atoms with E-state index in [-0.39, 0.29) is 6.61 Å². The van der Waals surface area contributed by atoms with Crippen molar-refractivity contribution in [2.24, 2.45) is 5.10 Å². The van der Waals surface area contributed by atoms with Crippen molar-refractivity contribution in [2.75, 3.05) is 6.61 Å². The summed E-state index contributed by atoms with van der Waals surface area (Å²) >= 11 is 9.48. The van der Waals surface area contributed by atoms with Gasteiger partial charge in [0.05, 0.1) is 16.9 Å². The van der Waals surface area contributed by atoms with E-state index < -0.39 is 5.91 Å². The van der Waals surface area contributed by atoms with Crippen molar-refractivity contribution in [2.45, 2.75) is 0 Å². The van der Waals surface area contributed by atoms with E-state index in [9.17, 15) is 4.79 Å². The van der Waals surface area contributed by atoms with Crippen molar-refractivity contribution in [3.8, 4) is 22.7 Å². The second-order valence-electron chi connectivity index (χ2n) is 6.73. The molecule has 4 aromatic rings. The second-order valence-corrected chi connectivity index (χ2v) is 8.06. The highest BCUT2D eigenvalue weighted by Crippen LogP contribution is 2.25. The maximum Gasteiger partial charge on any atom is 0.277 e. The van der Waals surface area contributed by atoms with Crippen molar-refractivity contribution in [3.05, 3.63) is 100 Å². The summed E-state index contributed by atoms with van der Waals surface area (Å²) in [5.41, 5.74) is 5.82. The Morgan fingerprint density at radius 3 is 2.53 bits per heavy atom. The zero-order chi connectivity index (χ0) is 22.3. The molecule has 8 heteroatoms. The number of rotatable bonds is 7. The van der Waals surface area contributed by atoms with Crippen LogP contribution in [0.2, 0.25) is 5.02 Å². The van der Waals surface area contributed by atoms with Crippen molar-refractivity contribution in [1.82, 2.24) is 15.2 Å². The average molecular weight is 510 g/mol. The van der Waals surface area contributed by atoms with Crippen LogP contribution in [-0.4, -0.2) is 28.5 Å². The minimum Gasteiger partial charge on any atom is -0.482 e. The van der Waals surface area contributed by atoms with Gasteiger partial charge in [-0.3, -0.25) is 4.79 Å². The van der Waals surface area contributed by atoms with Gasteiger partial charge in [0.2, 0.25) is 0 Å². The summed E-state index contributed by atoms with van der Waals surface area (Å²) in [6.07, 6.45) is 3.43. The Morgan fingerprint density at radius 2 is 1.78 bits per heavy atom. The number of hydrogen-bond acceptors (Lipinski definition) is 4. The zero-order valence-corrected chi connectivity index (χ0v) is 19.1. The number of hydrogen-bond donors (Lipinski definition) is 1. The molecule has 160 valence electrons. The Kier molecular flexibility index (Phi) is 6.99. The van der Waals surface area contributed by atoms with Crippen LogP contribution in [0.15, 0.2) is 94.6 Å². The molecule has 0 fully saturated rings. The van der Waals surface area contributed by atoms with Gasteiger partial charge in [-0.15, -0.1) is 0 Å². The van der Waals surface area contributed by atoms with Crippen LogP contribution in [0.5, 0.6) is 5.75 Å². The Morgan fingerprint density at radius 1 is 1.06 bits per heavy atom. The summed E-state index contributed by atoms with van der Waals surface area (Å²) in [7, 11) is 0. The van der Waals surface area contributed by atoms with E-state index >= 15 is 0 Å².